The number of hydrogen-bond donors (Lipinski definition) is 0. The molecule has 0 amide bonds. The Bertz CT molecular complexity index is 2000. The first-order valence-corrected chi connectivity index (χ1v) is 18.5. The Kier molecular flexibility index (Phi) is 14.1. The van der Waals surface area contributed by atoms with E-state index in [1.807, 2.05) is 51.7 Å². The van der Waals surface area contributed by atoms with Gasteiger partial charge >= 0.3 is 6.18 Å². The summed E-state index contributed by atoms with van der Waals surface area (Å²) in [6, 6.07) is 13.0. The number of thioether (sulfide) groups is 1. The van der Waals surface area contributed by atoms with E-state index >= 15 is 8.78 Å². The standard InChI is InChI=1S/C33H39ClF3N4O3S2.C2HF3O2/c1-33(2,22-9-14-27(34)30(17-22)44-7)31-20-38-32(40(31)24-12-10-23(35)11-13-24)45-21-26-28(36)18-25(19-29(26)37)46(42,43)39(3)15-8-16-41(4,5)6;3-2(4,5)1(6)7/h9-14,17-20H,8,15-16,21H2,1-7H3;(H,6,7)/q+1;/p-1. The molecule has 18 heteroatoms. The molecule has 0 radical (unpaired) electrons. The molecule has 0 N–H and O–H groups in total. The van der Waals surface area contributed by atoms with Crippen LogP contribution in [0.15, 0.2) is 70.8 Å². The maximum Gasteiger partial charge on any atom is 0.430 e. The molecule has 290 valence electrons. The van der Waals surface area contributed by atoms with Crippen LogP contribution in [0.3, 0.4) is 0 Å². The second kappa shape index (κ2) is 17.1. The molecule has 4 rings (SSSR count). The van der Waals surface area contributed by atoms with E-state index in [0.29, 0.717) is 32.5 Å². The van der Waals surface area contributed by atoms with Crippen molar-refractivity contribution in [2.75, 3.05) is 48.4 Å². The Morgan fingerprint density at radius 3 is 2.09 bits per heavy atom. The van der Waals surface area contributed by atoms with E-state index in [-0.39, 0.29) is 17.9 Å². The second-order valence-electron chi connectivity index (χ2n) is 13.3. The zero-order chi connectivity index (χ0) is 40.1. The van der Waals surface area contributed by atoms with Gasteiger partial charge in [-0.15, -0.1) is 0 Å². The fourth-order valence-corrected chi connectivity index (χ4v) is 7.42. The van der Waals surface area contributed by atoms with Crippen LogP contribution in [0, 0.1) is 17.5 Å². The third kappa shape index (κ3) is 11.1. The monoisotopic (exact) mass is 808 g/mol. The normalized spacial score (nSPS) is 12.4. The van der Waals surface area contributed by atoms with Crippen LogP contribution in [0.2, 0.25) is 5.02 Å². The number of methoxy groups -OCH3 is 1. The molecule has 0 saturated heterocycles. The highest BCUT2D eigenvalue weighted by atomic mass is 35.5. The van der Waals surface area contributed by atoms with Gasteiger partial charge in [-0.1, -0.05) is 43.3 Å². The van der Waals surface area contributed by atoms with E-state index in [2.05, 4.69) is 4.98 Å². The zero-order valence-corrected chi connectivity index (χ0v) is 32.3. The molecule has 4 aromatic rings. The summed E-state index contributed by atoms with van der Waals surface area (Å²) in [6.45, 7) is 4.92. The summed E-state index contributed by atoms with van der Waals surface area (Å²) in [6.07, 6.45) is -2.94. The number of alkyl halides is 3. The number of aliphatic carboxylic acids is 1. The van der Waals surface area contributed by atoms with Crippen molar-refractivity contribution in [3.63, 3.8) is 0 Å². The molecule has 3 aromatic carbocycles. The lowest BCUT2D eigenvalue weighted by atomic mass is 9.81. The third-order valence-corrected chi connectivity index (χ3v) is 11.2. The molecular weight excluding hydrogens is 770 g/mol. The summed E-state index contributed by atoms with van der Waals surface area (Å²) in [5.41, 5.74) is 1.24. The van der Waals surface area contributed by atoms with Crippen LogP contribution in [0.1, 0.15) is 37.1 Å². The predicted octanol–water partition coefficient (Wildman–Crippen LogP) is 6.59. The number of imidazole rings is 1. The summed E-state index contributed by atoms with van der Waals surface area (Å²) in [4.78, 5) is 12.9. The van der Waals surface area contributed by atoms with Crippen LogP contribution >= 0.6 is 23.4 Å². The maximum atomic E-state index is 15.4. The van der Waals surface area contributed by atoms with E-state index in [0.717, 1.165) is 46.0 Å². The number of hydrogen-bond acceptors (Lipinski definition) is 7. The molecular formula is C35H39ClF6N4O5S2. The van der Waals surface area contributed by atoms with E-state index in [1.165, 1.54) is 26.3 Å². The van der Waals surface area contributed by atoms with Crippen LogP contribution in [-0.4, -0.2) is 87.3 Å². The Labute approximate surface area is 313 Å². The number of carboxylic acids is 1. The van der Waals surface area contributed by atoms with Crippen molar-refractivity contribution in [1.82, 2.24) is 13.9 Å². The Morgan fingerprint density at radius 1 is 1.02 bits per heavy atom. The number of benzene rings is 3. The van der Waals surface area contributed by atoms with Crippen molar-refractivity contribution in [3.8, 4) is 11.4 Å². The summed E-state index contributed by atoms with van der Waals surface area (Å²) in [5.74, 6) is -5.04. The average Bonchev–Trinajstić information content (AvgIpc) is 3.48. The molecule has 0 saturated carbocycles. The summed E-state index contributed by atoms with van der Waals surface area (Å²) < 4.78 is 111. The van der Waals surface area contributed by atoms with Crippen molar-refractivity contribution in [1.29, 1.82) is 0 Å². The van der Waals surface area contributed by atoms with Crippen molar-refractivity contribution in [2.24, 2.45) is 0 Å². The molecule has 0 aliphatic carbocycles. The smallest absolute Gasteiger partial charge is 0.430 e. The van der Waals surface area contributed by atoms with Gasteiger partial charge < -0.3 is 19.1 Å². The van der Waals surface area contributed by atoms with Crippen molar-refractivity contribution < 1.29 is 53.9 Å². The highest BCUT2D eigenvalue weighted by molar-refractivity contribution is 7.98. The molecule has 0 bridgehead atoms. The van der Waals surface area contributed by atoms with Crippen LogP contribution < -0.4 is 9.84 Å². The van der Waals surface area contributed by atoms with Crippen LogP contribution in [0.4, 0.5) is 26.3 Å². The number of quaternary nitrogens is 1. The van der Waals surface area contributed by atoms with E-state index < -0.39 is 49.9 Å². The first kappa shape index (κ1) is 43.6. The van der Waals surface area contributed by atoms with Crippen LogP contribution in [0.5, 0.6) is 5.75 Å². The zero-order valence-electron chi connectivity index (χ0n) is 29.9. The van der Waals surface area contributed by atoms with Gasteiger partial charge in [-0.3, -0.25) is 4.57 Å². The van der Waals surface area contributed by atoms with Gasteiger partial charge in [0, 0.05) is 42.4 Å². The first-order valence-electron chi connectivity index (χ1n) is 15.7. The van der Waals surface area contributed by atoms with Crippen LogP contribution in [-0.2, 0) is 26.0 Å². The van der Waals surface area contributed by atoms with Gasteiger partial charge in [0.05, 0.1) is 56.6 Å². The number of ether oxygens (including phenoxy) is 1. The molecule has 0 fully saturated rings. The molecule has 0 unspecified atom stereocenters. The first-order chi connectivity index (χ1) is 24.4. The molecule has 0 atom stereocenters. The summed E-state index contributed by atoms with van der Waals surface area (Å²) >= 11 is 7.34. The largest absolute Gasteiger partial charge is 0.542 e. The number of carbonyl (C=O) groups excluding carboxylic acids is 1. The Hall–Kier alpha value is -3.77. The van der Waals surface area contributed by atoms with E-state index in [4.69, 9.17) is 26.2 Å². The minimum atomic E-state index is -5.19. The van der Waals surface area contributed by atoms with Gasteiger partial charge in [0.2, 0.25) is 10.0 Å². The number of rotatable bonds is 13. The number of carbonyl (C=O) groups is 1. The fraction of sp³-hybridized carbons (Fsp3) is 0.371. The van der Waals surface area contributed by atoms with Crippen LogP contribution in [0.25, 0.3) is 5.69 Å². The molecule has 0 aliphatic heterocycles. The molecule has 1 heterocycles. The maximum absolute atomic E-state index is 15.4. The second-order valence-corrected chi connectivity index (χ2v) is 16.7. The number of sulfonamides is 1. The number of halogens is 7. The highest BCUT2D eigenvalue weighted by Gasteiger charge is 2.31. The highest BCUT2D eigenvalue weighted by Crippen LogP contribution is 2.39. The quantitative estimate of drug-likeness (QED) is 0.0854. The van der Waals surface area contributed by atoms with Gasteiger partial charge in [-0.25, -0.2) is 30.9 Å². The van der Waals surface area contributed by atoms with Gasteiger partial charge in [0.1, 0.15) is 29.2 Å². The third-order valence-electron chi connectivity index (χ3n) is 8.03. The summed E-state index contributed by atoms with van der Waals surface area (Å²) in [7, 11) is 4.83. The minimum absolute atomic E-state index is 0.176. The van der Waals surface area contributed by atoms with Gasteiger partial charge in [0.15, 0.2) is 5.16 Å². The Morgan fingerprint density at radius 2 is 1.58 bits per heavy atom. The van der Waals surface area contributed by atoms with Gasteiger partial charge in [-0.05, 0) is 54.1 Å². The van der Waals surface area contributed by atoms with Crippen molar-refractivity contribution >= 4 is 39.4 Å². The molecule has 9 nitrogen and oxygen atoms in total. The lowest BCUT2D eigenvalue weighted by Crippen LogP contribution is -2.38. The SMILES string of the molecule is COc1cc(C(C)(C)c2cnc(SCc3c(F)cc(S(=O)(=O)N(C)CCC[N+](C)(C)C)cc3F)n2-c2ccc(F)cc2)ccc1Cl.O=C([O-])C(F)(F)F. The lowest BCUT2D eigenvalue weighted by Gasteiger charge is -2.28. The van der Waals surface area contributed by atoms with E-state index in [1.54, 1.807) is 24.4 Å². The number of aromatic nitrogens is 2. The predicted molar refractivity (Wildman–Crippen MR) is 188 cm³/mol. The number of carboxylic acid groups (broad SMARTS) is 1. The van der Waals surface area contributed by atoms with Crippen molar-refractivity contribution in [2.45, 2.75) is 47.7 Å². The van der Waals surface area contributed by atoms with Gasteiger partial charge in [0.25, 0.3) is 0 Å². The topological polar surface area (TPSA) is 105 Å². The average molecular weight is 809 g/mol. The summed E-state index contributed by atoms with van der Waals surface area (Å²) in [5, 5.41) is 9.65. The Balaban J connectivity index is 0.000000980. The van der Waals surface area contributed by atoms with Gasteiger partial charge in [-0.2, -0.15) is 13.2 Å². The number of nitrogens with zero attached hydrogens (tertiary/aromatic N) is 4. The van der Waals surface area contributed by atoms with Crippen molar-refractivity contribution in [3.05, 3.63) is 100 Å². The minimum Gasteiger partial charge on any atom is -0.542 e. The van der Waals surface area contributed by atoms with E-state index in [9.17, 15) is 26.0 Å². The molecule has 0 spiro atoms. The molecule has 0 aliphatic rings. The molecule has 53 heavy (non-hydrogen) atoms. The lowest BCUT2D eigenvalue weighted by molar-refractivity contribution is -0.870. The fourth-order valence-electron chi connectivity index (χ4n) is 4.98. The molecule has 1 aromatic heterocycles.